The maximum Gasteiger partial charge on any atom is 0.191 e. The Balaban J connectivity index is 0.00000240. The van der Waals surface area contributed by atoms with Crippen LogP contribution in [0, 0.1) is 5.82 Å². The van der Waals surface area contributed by atoms with Crippen molar-refractivity contribution < 1.29 is 4.39 Å². The van der Waals surface area contributed by atoms with Crippen LogP contribution >= 0.6 is 24.0 Å². The summed E-state index contributed by atoms with van der Waals surface area (Å²) in [7, 11) is 0. The molecule has 154 valence electrons. The molecule has 10 heteroatoms. The molecule has 3 aromatic rings. The molecule has 0 amide bonds. The Morgan fingerprint density at radius 2 is 2.17 bits per heavy atom. The van der Waals surface area contributed by atoms with Gasteiger partial charge in [-0.1, -0.05) is 6.07 Å². The minimum absolute atomic E-state index is 0. The molecule has 1 aliphatic rings. The summed E-state index contributed by atoms with van der Waals surface area (Å²) in [6.07, 6.45) is 4.43. The number of guanidine groups is 1. The zero-order chi connectivity index (χ0) is 19.3. The van der Waals surface area contributed by atoms with Crippen LogP contribution in [0.3, 0.4) is 0 Å². The molecule has 2 N–H and O–H groups in total. The van der Waals surface area contributed by atoms with E-state index in [2.05, 4.69) is 30.8 Å². The van der Waals surface area contributed by atoms with Crippen molar-refractivity contribution in [2.75, 3.05) is 24.5 Å². The van der Waals surface area contributed by atoms with Gasteiger partial charge in [-0.05, 0) is 37.6 Å². The SMILES string of the molecule is CCNC(=NCc1nnc2ccccn12)NC1CCN(c2ncccc2F)C1.I. The van der Waals surface area contributed by atoms with Crippen molar-refractivity contribution in [2.45, 2.75) is 25.9 Å². The molecule has 0 aromatic carbocycles. The first-order chi connectivity index (χ1) is 13.7. The molecular weight excluding hydrogens is 486 g/mol. The number of aromatic nitrogens is 4. The lowest BCUT2D eigenvalue weighted by molar-refractivity contribution is 0.612. The molecule has 1 atom stereocenters. The number of nitrogens with zero attached hydrogens (tertiary/aromatic N) is 6. The van der Waals surface area contributed by atoms with E-state index in [0.29, 0.717) is 24.9 Å². The average Bonchev–Trinajstić information content (AvgIpc) is 3.34. The van der Waals surface area contributed by atoms with Crippen LogP contribution < -0.4 is 15.5 Å². The predicted molar refractivity (Wildman–Crippen MR) is 121 cm³/mol. The van der Waals surface area contributed by atoms with Crippen molar-refractivity contribution in [3.8, 4) is 0 Å². The molecule has 1 fully saturated rings. The van der Waals surface area contributed by atoms with E-state index in [1.165, 1.54) is 6.07 Å². The number of rotatable bonds is 5. The number of hydrogen-bond donors (Lipinski definition) is 2. The normalized spacial score (nSPS) is 16.7. The largest absolute Gasteiger partial charge is 0.357 e. The van der Waals surface area contributed by atoms with Gasteiger partial charge < -0.3 is 15.5 Å². The van der Waals surface area contributed by atoms with Gasteiger partial charge in [-0.3, -0.25) is 4.40 Å². The molecule has 3 aromatic heterocycles. The number of pyridine rings is 2. The van der Waals surface area contributed by atoms with Gasteiger partial charge in [0, 0.05) is 38.1 Å². The summed E-state index contributed by atoms with van der Waals surface area (Å²) < 4.78 is 15.9. The van der Waals surface area contributed by atoms with Crippen molar-refractivity contribution in [2.24, 2.45) is 4.99 Å². The Bertz CT molecular complexity index is 976. The molecule has 0 radical (unpaired) electrons. The molecule has 29 heavy (non-hydrogen) atoms. The van der Waals surface area contributed by atoms with Gasteiger partial charge in [-0.15, -0.1) is 34.2 Å². The molecule has 8 nitrogen and oxygen atoms in total. The van der Waals surface area contributed by atoms with Gasteiger partial charge in [0.2, 0.25) is 0 Å². The monoisotopic (exact) mass is 510 g/mol. The van der Waals surface area contributed by atoms with E-state index in [1.807, 2.05) is 40.6 Å². The van der Waals surface area contributed by atoms with Crippen molar-refractivity contribution in [1.29, 1.82) is 0 Å². The van der Waals surface area contributed by atoms with Crippen LogP contribution in [-0.2, 0) is 6.54 Å². The number of halogens is 2. The van der Waals surface area contributed by atoms with Crippen LogP contribution in [0.4, 0.5) is 10.2 Å². The van der Waals surface area contributed by atoms with Crippen LogP contribution in [0.25, 0.3) is 5.65 Å². The second-order valence-electron chi connectivity index (χ2n) is 6.63. The maximum absolute atomic E-state index is 14.0. The minimum atomic E-state index is -0.289. The number of anilines is 1. The summed E-state index contributed by atoms with van der Waals surface area (Å²) in [5, 5.41) is 15.1. The smallest absolute Gasteiger partial charge is 0.191 e. The summed E-state index contributed by atoms with van der Waals surface area (Å²) in [6, 6.07) is 8.99. The van der Waals surface area contributed by atoms with Gasteiger partial charge in [0.05, 0.1) is 0 Å². The number of fused-ring (bicyclic) bond motifs is 1. The van der Waals surface area contributed by atoms with Crippen LogP contribution in [-0.4, -0.2) is 51.2 Å². The van der Waals surface area contributed by atoms with E-state index in [1.54, 1.807) is 12.3 Å². The third kappa shape index (κ3) is 4.92. The molecule has 4 rings (SSSR count). The van der Waals surface area contributed by atoms with E-state index < -0.39 is 0 Å². The Morgan fingerprint density at radius 3 is 3.00 bits per heavy atom. The van der Waals surface area contributed by atoms with E-state index in [-0.39, 0.29) is 35.8 Å². The fourth-order valence-electron chi connectivity index (χ4n) is 3.34. The van der Waals surface area contributed by atoms with Gasteiger partial charge >= 0.3 is 0 Å². The molecule has 0 saturated carbocycles. The molecule has 0 bridgehead atoms. The second-order valence-corrected chi connectivity index (χ2v) is 6.63. The lowest BCUT2D eigenvalue weighted by atomic mass is 10.3. The summed E-state index contributed by atoms with van der Waals surface area (Å²) in [5.74, 6) is 1.60. The fourth-order valence-corrected chi connectivity index (χ4v) is 3.34. The molecule has 0 spiro atoms. The van der Waals surface area contributed by atoms with E-state index >= 15 is 0 Å². The molecule has 4 heterocycles. The van der Waals surface area contributed by atoms with Gasteiger partial charge in [-0.2, -0.15) is 0 Å². The Kier molecular flexibility index (Phi) is 7.18. The van der Waals surface area contributed by atoms with Crippen molar-refractivity contribution in [3.63, 3.8) is 0 Å². The second kappa shape index (κ2) is 9.81. The highest BCUT2D eigenvalue weighted by Gasteiger charge is 2.26. The highest BCUT2D eigenvalue weighted by atomic mass is 127. The van der Waals surface area contributed by atoms with Crippen LogP contribution in [0.1, 0.15) is 19.2 Å². The van der Waals surface area contributed by atoms with Crippen molar-refractivity contribution >= 4 is 41.4 Å². The maximum atomic E-state index is 14.0. The quantitative estimate of drug-likeness (QED) is 0.311. The first-order valence-electron chi connectivity index (χ1n) is 9.43. The molecule has 0 aliphatic carbocycles. The zero-order valence-electron chi connectivity index (χ0n) is 16.1. The Hall–Kier alpha value is -2.50. The van der Waals surface area contributed by atoms with Crippen molar-refractivity contribution in [3.05, 3.63) is 54.4 Å². The Morgan fingerprint density at radius 1 is 1.28 bits per heavy atom. The van der Waals surface area contributed by atoms with Gasteiger partial charge in [-0.25, -0.2) is 14.4 Å². The summed E-state index contributed by atoms with van der Waals surface area (Å²) in [5.41, 5.74) is 0.800. The summed E-state index contributed by atoms with van der Waals surface area (Å²) in [4.78, 5) is 10.8. The van der Waals surface area contributed by atoms with Gasteiger partial charge in [0.15, 0.2) is 29.1 Å². The first kappa shape index (κ1) is 21.2. The predicted octanol–water partition coefficient (Wildman–Crippen LogP) is 2.22. The molecule has 1 aliphatic heterocycles. The highest BCUT2D eigenvalue weighted by Crippen LogP contribution is 2.20. The Labute approximate surface area is 185 Å². The molecular formula is C19H24FIN8. The third-order valence-electron chi connectivity index (χ3n) is 4.67. The van der Waals surface area contributed by atoms with E-state index in [9.17, 15) is 4.39 Å². The average molecular weight is 510 g/mol. The summed E-state index contributed by atoms with van der Waals surface area (Å²) >= 11 is 0. The topological polar surface area (TPSA) is 82.7 Å². The number of hydrogen-bond acceptors (Lipinski definition) is 5. The van der Waals surface area contributed by atoms with Crippen molar-refractivity contribution in [1.82, 2.24) is 30.2 Å². The molecule has 1 unspecified atom stereocenters. The van der Waals surface area contributed by atoms with Crippen LogP contribution in [0.5, 0.6) is 0 Å². The van der Waals surface area contributed by atoms with Gasteiger partial charge in [0.25, 0.3) is 0 Å². The zero-order valence-corrected chi connectivity index (χ0v) is 18.5. The van der Waals surface area contributed by atoms with Crippen LogP contribution in [0.2, 0.25) is 0 Å². The van der Waals surface area contributed by atoms with E-state index in [4.69, 9.17) is 0 Å². The first-order valence-corrected chi connectivity index (χ1v) is 9.43. The number of nitrogens with one attached hydrogen (secondary N) is 2. The van der Waals surface area contributed by atoms with Gasteiger partial charge in [0.1, 0.15) is 6.54 Å². The third-order valence-corrected chi connectivity index (χ3v) is 4.67. The lowest BCUT2D eigenvalue weighted by Crippen LogP contribution is -2.44. The minimum Gasteiger partial charge on any atom is -0.357 e. The summed E-state index contributed by atoms with van der Waals surface area (Å²) in [6.45, 7) is 4.60. The van der Waals surface area contributed by atoms with Crippen LogP contribution in [0.15, 0.2) is 47.7 Å². The lowest BCUT2D eigenvalue weighted by Gasteiger charge is -2.19. The fraction of sp³-hybridized carbons (Fsp3) is 0.368. The highest BCUT2D eigenvalue weighted by molar-refractivity contribution is 14.0. The van der Waals surface area contributed by atoms with E-state index in [0.717, 1.165) is 31.0 Å². The molecule has 1 saturated heterocycles. The standard InChI is InChI=1S/C19H23FN8.HI/c1-2-21-19(23-12-17-26-25-16-7-3-4-10-28(16)17)24-14-8-11-27(13-14)18-15(20)6-5-9-22-18;/h3-7,9-10,14H,2,8,11-13H2,1H3,(H2,21,23,24);1H. The number of aliphatic imine (C=N–C) groups is 1.